The fourth-order valence-electron chi connectivity index (χ4n) is 2.97. The van der Waals surface area contributed by atoms with E-state index in [2.05, 4.69) is 35.6 Å². The van der Waals surface area contributed by atoms with E-state index in [-0.39, 0.29) is 0 Å². The Morgan fingerprint density at radius 2 is 1.77 bits per heavy atom. The van der Waals surface area contributed by atoms with E-state index in [4.69, 9.17) is 23.2 Å². The van der Waals surface area contributed by atoms with Gasteiger partial charge in [0.15, 0.2) is 0 Å². The lowest BCUT2D eigenvalue weighted by Crippen LogP contribution is -2.13. The van der Waals surface area contributed by atoms with E-state index in [1.54, 1.807) is 0 Å². The number of imidazole rings is 1. The van der Waals surface area contributed by atoms with E-state index in [0.29, 0.717) is 16.0 Å². The minimum atomic E-state index is 0.572. The zero-order chi connectivity index (χ0) is 18.9. The molecule has 0 amide bonds. The fraction of sp³-hybridized carbons (Fsp3) is 0.571. The maximum atomic E-state index is 6.22. The molecule has 1 aromatic carbocycles. The molecule has 0 aliphatic heterocycles. The van der Waals surface area contributed by atoms with Crippen LogP contribution in [-0.2, 0) is 6.54 Å². The van der Waals surface area contributed by atoms with E-state index in [9.17, 15) is 0 Å². The van der Waals surface area contributed by atoms with Crippen molar-refractivity contribution < 1.29 is 0 Å². The third-order valence-electron chi connectivity index (χ3n) is 4.47. The molecule has 0 spiro atoms. The van der Waals surface area contributed by atoms with E-state index in [1.165, 1.54) is 32.1 Å². The first-order chi connectivity index (χ1) is 12.5. The predicted molar refractivity (Wildman–Crippen MR) is 114 cm³/mol. The Morgan fingerprint density at radius 3 is 2.46 bits per heavy atom. The number of aromatic nitrogens is 2. The Labute approximate surface area is 168 Å². The van der Waals surface area contributed by atoms with Gasteiger partial charge in [-0.25, -0.2) is 4.98 Å². The molecule has 1 heterocycles. The second kappa shape index (κ2) is 10.8. The Hall–Kier alpha value is -1.19. The molecule has 0 radical (unpaired) electrons. The fourth-order valence-corrected chi connectivity index (χ4v) is 3.27. The van der Waals surface area contributed by atoms with Gasteiger partial charge < -0.3 is 9.88 Å². The first-order valence-corrected chi connectivity index (χ1v) is 10.5. The van der Waals surface area contributed by atoms with E-state index in [1.807, 2.05) is 24.4 Å². The molecule has 0 bridgehead atoms. The number of hydrogen-bond acceptors (Lipinski definition) is 2. The van der Waals surface area contributed by atoms with Gasteiger partial charge in [0.05, 0.1) is 21.9 Å². The van der Waals surface area contributed by atoms with Gasteiger partial charge >= 0.3 is 0 Å². The number of hydrogen-bond donors (Lipinski definition) is 1. The van der Waals surface area contributed by atoms with Gasteiger partial charge in [-0.3, -0.25) is 0 Å². The van der Waals surface area contributed by atoms with Crippen LogP contribution < -0.4 is 5.32 Å². The van der Waals surface area contributed by atoms with Gasteiger partial charge in [-0.05, 0) is 24.5 Å². The molecule has 2 aromatic rings. The molecule has 0 saturated heterocycles. The molecule has 2 rings (SSSR count). The van der Waals surface area contributed by atoms with Gasteiger partial charge in [0.25, 0.3) is 0 Å². The van der Waals surface area contributed by atoms with Crippen molar-refractivity contribution in [2.24, 2.45) is 5.92 Å². The number of anilines is 1. The minimum Gasteiger partial charge on any atom is -0.355 e. The predicted octanol–water partition coefficient (Wildman–Crippen LogP) is 7.29. The molecule has 5 heteroatoms. The second-order valence-corrected chi connectivity index (χ2v) is 8.10. The van der Waals surface area contributed by atoms with Crippen molar-refractivity contribution in [3.05, 3.63) is 34.4 Å². The van der Waals surface area contributed by atoms with Crippen molar-refractivity contribution in [3.8, 4) is 11.3 Å². The lowest BCUT2D eigenvalue weighted by Gasteiger charge is -2.15. The third-order valence-corrected chi connectivity index (χ3v) is 5.21. The van der Waals surface area contributed by atoms with Gasteiger partial charge in [-0.1, -0.05) is 82.1 Å². The largest absolute Gasteiger partial charge is 0.355 e. The molecule has 0 atom stereocenters. The number of nitrogens with one attached hydrogen (secondary N) is 1. The van der Waals surface area contributed by atoms with Crippen molar-refractivity contribution in [2.75, 3.05) is 11.9 Å². The topological polar surface area (TPSA) is 29.9 Å². The summed E-state index contributed by atoms with van der Waals surface area (Å²) in [6, 6.07) is 5.78. The molecular weight excluding hydrogens is 365 g/mol. The highest BCUT2D eigenvalue weighted by atomic mass is 35.5. The highest BCUT2D eigenvalue weighted by Crippen LogP contribution is 2.30. The molecule has 0 aliphatic rings. The van der Waals surface area contributed by atoms with Crippen LogP contribution in [0.25, 0.3) is 11.3 Å². The quantitative estimate of drug-likeness (QED) is 0.404. The van der Waals surface area contributed by atoms with Gasteiger partial charge in [-0.15, -0.1) is 0 Å². The van der Waals surface area contributed by atoms with Crippen LogP contribution in [0.15, 0.2) is 24.4 Å². The summed E-state index contributed by atoms with van der Waals surface area (Å²) >= 11 is 12.3. The summed E-state index contributed by atoms with van der Waals surface area (Å²) in [4.78, 5) is 4.62. The average Bonchev–Trinajstić information content (AvgIpc) is 3.01. The third kappa shape index (κ3) is 6.21. The van der Waals surface area contributed by atoms with E-state index < -0.39 is 0 Å². The van der Waals surface area contributed by atoms with Crippen LogP contribution in [0.3, 0.4) is 0 Å². The second-order valence-electron chi connectivity index (χ2n) is 7.29. The summed E-state index contributed by atoms with van der Waals surface area (Å²) in [5, 5.41) is 4.64. The first-order valence-electron chi connectivity index (χ1n) is 9.77. The molecule has 0 aliphatic carbocycles. The molecule has 0 unspecified atom stereocenters. The summed E-state index contributed by atoms with van der Waals surface area (Å²) in [5.74, 6) is 1.51. The Kier molecular flexibility index (Phi) is 8.80. The average molecular weight is 396 g/mol. The van der Waals surface area contributed by atoms with Crippen molar-refractivity contribution in [2.45, 2.75) is 65.8 Å². The van der Waals surface area contributed by atoms with Crippen LogP contribution in [-0.4, -0.2) is 16.1 Å². The number of rotatable bonds is 11. The standard InChI is InChI=1S/C21H31Cl2N3/c1-4-5-6-7-8-9-12-26-20(15-25-21(26)24-14-16(2)3)17-10-11-18(22)19(23)13-17/h10-11,13,15-16H,4-9,12,14H2,1-3H3,(H,24,25). The zero-order valence-corrected chi connectivity index (χ0v) is 17.7. The van der Waals surface area contributed by atoms with Crippen LogP contribution in [0, 0.1) is 5.92 Å². The molecule has 3 nitrogen and oxygen atoms in total. The van der Waals surface area contributed by atoms with Gasteiger partial charge in [0, 0.05) is 18.7 Å². The zero-order valence-electron chi connectivity index (χ0n) is 16.2. The highest BCUT2D eigenvalue weighted by molar-refractivity contribution is 6.42. The normalized spacial score (nSPS) is 11.3. The molecule has 0 fully saturated rings. The SMILES string of the molecule is CCCCCCCCn1c(-c2ccc(Cl)c(Cl)c2)cnc1NCC(C)C. The smallest absolute Gasteiger partial charge is 0.203 e. The van der Waals surface area contributed by atoms with Crippen LogP contribution in [0.5, 0.6) is 0 Å². The van der Waals surface area contributed by atoms with E-state index in [0.717, 1.165) is 36.7 Å². The van der Waals surface area contributed by atoms with Crippen molar-refractivity contribution >= 4 is 29.2 Å². The lowest BCUT2D eigenvalue weighted by molar-refractivity contribution is 0.560. The summed E-state index contributed by atoms with van der Waals surface area (Å²) in [6.45, 7) is 8.53. The Morgan fingerprint density at radius 1 is 1.04 bits per heavy atom. The van der Waals surface area contributed by atoms with Crippen molar-refractivity contribution in [3.63, 3.8) is 0 Å². The van der Waals surface area contributed by atoms with Crippen LogP contribution in [0.4, 0.5) is 5.95 Å². The van der Waals surface area contributed by atoms with Crippen LogP contribution >= 0.6 is 23.2 Å². The van der Waals surface area contributed by atoms with Crippen LogP contribution in [0.1, 0.15) is 59.3 Å². The molecule has 0 saturated carbocycles. The van der Waals surface area contributed by atoms with Crippen molar-refractivity contribution in [1.29, 1.82) is 0 Å². The Balaban J connectivity index is 2.14. The number of unbranched alkanes of at least 4 members (excludes halogenated alkanes) is 5. The molecule has 1 N–H and O–H groups in total. The maximum absolute atomic E-state index is 6.22. The molecular formula is C21H31Cl2N3. The maximum Gasteiger partial charge on any atom is 0.203 e. The molecule has 26 heavy (non-hydrogen) atoms. The van der Waals surface area contributed by atoms with Gasteiger partial charge in [0.1, 0.15) is 0 Å². The molecule has 144 valence electrons. The van der Waals surface area contributed by atoms with Gasteiger partial charge in [0.2, 0.25) is 5.95 Å². The summed E-state index contributed by atoms with van der Waals surface area (Å²) < 4.78 is 2.28. The van der Waals surface area contributed by atoms with Gasteiger partial charge in [-0.2, -0.15) is 0 Å². The first kappa shape index (κ1) is 21.1. The number of halogens is 2. The van der Waals surface area contributed by atoms with Crippen LogP contribution in [0.2, 0.25) is 10.0 Å². The number of benzene rings is 1. The number of nitrogens with zero attached hydrogens (tertiary/aromatic N) is 2. The lowest BCUT2D eigenvalue weighted by atomic mass is 10.1. The summed E-state index contributed by atoms with van der Waals surface area (Å²) in [7, 11) is 0. The summed E-state index contributed by atoms with van der Waals surface area (Å²) in [5.41, 5.74) is 2.14. The minimum absolute atomic E-state index is 0.572. The van der Waals surface area contributed by atoms with E-state index >= 15 is 0 Å². The Bertz CT molecular complexity index is 680. The van der Waals surface area contributed by atoms with Crippen molar-refractivity contribution in [1.82, 2.24) is 9.55 Å². The highest BCUT2D eigenvalue weighted by Gasteiger charge is 2.13. The monoisotopic (exact) mass is 395 g/mol. The molecule has 1 aromatic heterocycles. The summed E-state index contributed by atoms with van der Waals surface area (Å²) in [6.07, 6.45) is 9.59.